The van der Waals surface area contributed by atoms with Crippen LogP contribution in [-0.2, 0) is 6.54 Å². The highest BCUT2D eigenvalue weighted by atomic mass is 16.3. The van der Waals surface area contributed by atoms with Gasteiger partial charge < -0.3 is 25.4 Å². The second-order valence-electron chi connectivity index (χ2n) is 8.18. The molecule has 4 rings (SSSR count). The summed E-state index contributed by atoms with van der Waals surface area (Å²) in [5, 5.41) is 26.4. The monoisotopic (exact) mass is 410 g/mol. The zero-order valence-electron chi connectivity index (χ0n) is 17.6. The predicted molar refractivity (Wildman–Crippen MR) is 118 cm³/mol. The van der Waals surface area contributed by atoms with Crippen molar-refractivity contribution in [2.75, 3.05) is 17.2 Å². The lowest BCUT2D eigenvalue weighted by Crippen LogP contribution is -2.18. The van der Waals surface area contributed by atoms with E-state index in [9.17, 15) is 10.2 Å². The van der Waals surface area contributed by atoms with Gasteiger partial charge in [-0.1, -0.05) is 37.5 Å². The minimum atomic E-state index is -0.506. The largest absolute Gasteiger partial charge is 0.507 e. The van der Waals surface area contributed by atoms with Crippen LogP contribution >= 0.6 is 0 Å². The van der Waals surface area contributed by atoms with Gasteiger partial charge in [0.15, 0.2) is 17.0 Å². The van der Waals surface area contributed by atoms with E-state index in [-0.39, 0.29) is 5.75 Å². The number of aromatic hydroxyl groups is 1. The molecular weight excluding hydrogens is 380 g/mol. The third kappa shape index (κ3) is 4.33. The van der Waals surface area contributed by atoms with E-state index in [0.29, 0.717) is 30.9 Å². The minimum Gasteiger partial charge on any atom is -0.507 e. The molecule has 0 radical (unpaired) electrons. The molecule has 0 amide bonds. The average molecular weight is 411 g/mol. The molecule has 0 saturated heterocycles. The molecule has 3 aromatic rings. The predicted octanol–water partition coefficient (Wildman–Crippen LogP) is 3.75. The maximum atomic E-state index is 10.3. The van der Waals surface area contributed by atoms with E-state index >= 15 is 0 Å². The highest BCUT2D eigenvalue weighted by Crippen LogP contribution is 2.32. The van der Waals surface area contributed by atoms with E-state index in [4.69, 9.17) is 4.98 Å². The van der Waals surface area contributed by atoms with Crippen LogP contribution in [0.5, 0.6) is 5.75 Å². The van der Waals surface area contributed by atoms with Crippen LogP contribution in [0, 0.1) is 6.92 Å². The fourth-order valence-corrected chi connectivity index (χ4v) is 4.03. The van der Waals surface area contributed by atoms with Crippen molar-refractivity contribution in [3.8, 4) is 5.75 Å². The first-order valence-corrected chi connectivity index (χ1v) is 10.7. The van der Waals surface area contributed by atoms with Crippen LogP contribution < -0.4 is 10.6 Å². The highest BCUT2D eigenvalue weighted by molar-refractivity contribution is 5.84. The lowest BCUT2D eigenvalue weighted by Gasteiger charge is -2.23. The molecule has 1 saturated carbocycles. The van der Waals surface area contributed by atoms with Crippen molar-refractivity contribution in [2.24, 2.45) is 0 Å². The second kappa shape index (κ2) is 8.87. The minimum absolute atomic E-state index is 0.287. The van der Waals surface area contributed by atoms with E-state index < -0.39 is 6.10 Å². The molecule has 0 spiro atoms. The number of hydrogen-bond acceptors (Lipinski definition) is 7. The Morgan fingerprint density at radius 3 is 2.73 bits per heavy atom. The number of aliphatic hydroxyl groups excluding tert-OH is 1. The Kier molecular flexibility index (Phi) is 6.03. The van der Waals surface area contributed by atoms with Crippen molar-refractivity contribution in [2.45, 2.75) is 64.6 Å². The normalized spacial score (nSPS) is 16.0. The Morgan fingerprint density at radius 2 is 1.97 bits per heavy atom. The number of aromatic nitrogens is 4. The van der Waals surface area contributed by atoms with Gasteiger partial charge in [-0.2, -0.15) is 9.97 Å². The van der Waals surface area contributed by atoms with Gasteiger partial charge in [0.2, 0.25) is 5.95 Å². The van der Waals surface area contributed by atoms with E-state index in [1.807, 2.05) is 31.5 Å². The van der Waals surface area contributed by atoms with Crippen molar-refractivity contribution >= 4 is 22.9 Å². The van der Waals surface area contributed by atoms with E-state index in [0.717, 1.165) is 35.1 Å². The maximum absolute atomic E-state index is 10.3. The van der Waals surface area contributed by atoms with Crippen molar-refractivity contribution in [1.29, 1.82) is 0 Å². The number of aryl methyl sites for hydroxylation is 1. The van der Waals surface area contributed by atoms with E-state index in [2.05, 4.69) is 25.2 Å². The molecule has 2 aromatic heterocycles. The molecule has 8 nitrogen and oxygen atoms in total. The van der Waals surface area contributed by atoms with Gasteiger partial charge in [0.25, 0.3) is 0 Å². The number of nitrogens with zero attached hydrogens (tertiary/aromatic N) is 4. The van der Waals surface area contributed by atoms with Crippen molar-refractivity contribution in [1.82, 2.24) is 19.5 Å². The zero-order valence-corrected chi connectivity index (χ0v) is 17.6. The van der Waals surface area contributed by atoms with Gasteiger partial charge in [0, 0.05) is 24.7 Å². The summed E-state index contributed by atoms with van der Waals surface area (Å²) in [7, 11) is 0. The number of anilines is 2. The van der Waals surface area contributed by atoms with Crippen molar-refractivity contribution < 1.29 is 10.2 Å². The number of imidazole rings is 1. The first-order chi connectivity index (χ1) is 14.5. The molecule has 1 aliphatic rings. The first-order valence-electron chi connectivity index (χ1n) is 10.7. The summed E-state index contributed by atoms with van der Waals surface area (Å²) in [5.41, 5.74) is 3.14. The standard InChI is InChI=1S/C22H30N6O2/c1-14-7-6-8-16(19(14)30)12-23-20-18-21(27-22(26-20)24-11-15(2)29)28(13-25-18)17-9-4-3-5-10-17/h6-8,13,15,17,29-30H,3-5,9-12H2,1-2H3,(H2,23,24,26,27). The molecule has 0 aliphatic heterocycles. The lowest BCUT2D eigenvalue weighted by molar-refractivity contribution is 0.208. The number of phenolic OH excluding ortho intramolecular Hbond substituents is 1. The molecule has 8 heteroatoms. The summed E-state index contributed by atoms with van der Waals surface area (Å²) < 4.78 is 2.17. The third-order valence-electron chi connectivity index (χ3n) is 5.71. The molecule has 2 heterocycles. The molecule has 160 valence electrons. The van der Waals surface area contributed by atoms with Crippen LogP contribution in [0.3, 0.4) is 0 Å². The van der Waals surface area contributed by atoms with Crippen LogP contribution in [0.4, 0.5) is 11.8 Å². The Bertz CT molecular complexity index is 1010. The van der Waals surface area contributed by atoms with Crippen LogP contribution in [-0.4, -0.2) is 42.4 Å². The van der Waals surface area contributed by atoms with Gasteiger partial charge in [-0.15, -0.1) is 0 Å². The molecule has 1 fully saturated rings. The molecule has 1 aromatic carbocycles. The second-order valence-corrected chi connectivity index (χ2v) is 8.18. The van der Waals surface area contributed by atoms with Crippen molar-refractivity contribution in [3.63, 3.8) is 0 Å². The number of para-hydroxylation sites is 1. The fourth-order valence-electron chi connectivity index (χ4n) is 4.03. The number of benzene rings is 1. The number of nitrogens with one attached hydrogen (secondary N) is 2. The lowest BCUT2D eigenvalue weighted by atomic mass is 9.95. The number of rotatable bonds is 7. The average Bonchev–Trinajstić information content (AvgIpc) is 3.18. The van der Waals surface area contributed by atoms with Gasteiger partial charge >= 0.3 is 0 Å². The Balaban J connectivity index is 1.67. The SMILES string of the molecule is Cc1cccc(CNc2nc(NCC(C)O)nc3c2ncn3C2CCCCC2)c1O. The summed E-state index contributed by atoms with van der Waals surface area (Å²) in [6.45, 7) is 4.38. The number of phenols is 1. The smallest absolute Gasteiger partial charge is 0.226 e. The van der Waals surface area contributed by atoms with Gasteiger partial charge in [-0.25, -0.2) is 4.98 Å². The van der Waals surface area contributed by atoms with Gasteiger partial charge in [-0.3, -0.25) is 0 Å². The number of hydrogen-bond donors (Lipinski definition) is 4. The number of aliphatic hydroxyl groups is 1. The highest BCUT2D eigenvalue weighted by Gasteiger charge is 2.21. The quantitative estimate of drug-likeness (QED) is 0.470. The molecule has 1 unspecified atom stereocenters. The third-order valence-corrected chi connectivity index (χ3v) is 5.71. The number of fused-ring (bicyclic) bond motifs is 1. The van der Waals surface area contributed by atoms with Gasteiger partial charge in [0.1, 0.15) is 5.75 Å². The van der Waals surface area contributed by atoms with Gasteiger partial charge in [-0.05, 0) is 32.3 Å². The van der Waals surface area contributed by atoms with E-state index in [1.54, 1.807) is 6.92 Å². The van der Waals surface area contributed by atoms with Crippen LogP contribution in [0.1, 0.15) is 56.2 Å². The van der Waals surface area contributed by atoms with Crippen LogP contribution in [0.2, 0.25) is 0 Å². The van der Waals surface area contributed by atoms with Crippen molar-refractivity contribution in [3.05, 3.63) is 35.7 Å². The Morgan fingerprint density at radius 1 is 1.17 bits per heavy atom. The van der Waals surface area contributed by atoms with Crippen LogP contribution in [0.15, 0.2) is 24.5 Å². The van der Waals surface area contributed by atoms with E-state index in [1.165, 1.54) is 19.3 Å². The zero-order chi connectivity index (χ0) is 21.1. The molecule has 30 heavy (non-hydrogen) atoms. The Hall–Kier alpha value is -2.87. The summed E-state index contributed by atoms with van der Waals surface area (Å²) in [6, 6.07) is 6.10. The summed E-state index contributed by atoms with van der Waals surface area (Å²) in [4.78, 5) is 13.9. The summed E-state index contributed by atoms with van der Waals surface area (Å²) >= 11 is 0. The Labute approximate surface area is 176 Å². The maximum Gasteiger partial charge on any atom is 0.226 e. The molecule has 4 N–H and O–H groups in total. The van der Waals surface area contributed by atoms with Gasteiger partial charge in [0.05, 0.1) is 12.4 Å². The molecule has 1 atom stereocenters. The topological polar surface area (TPSA) is 108 Å². The summed E-state index contributed by atoms with van der Waals surface area (Å²) in [5.74, 6) is 1.36. The fraction of sp³-hybridized carbons (Fsp3) is 0.500. The first kappa shape index (κ1) is 20.4. The van der Waals surface area contributed by atoms with Crippen LogP contribution in [0.25, 0.3) is 11.2 Å². The molecule has 0 bridgehead atoms. The molecule has 1 aliphatic carbocycles. The summed E-state index contributed by atoms with van der Waals surface area (Å²) in [6.07, 6.45) is 7.35. The molecular formula is C22H30N6O2.